The Hall–Kier alpha value is -3.30. The highest BCUT2D eigenvalue weighted by Gasteiger charge is 2.14. The Morgan fingerprint density at radius 3 is 2.60 bits per heavy atom. The molecule has 148 valence electrons. The van der Waals surface area contributed by atoms with Crippen molar-refractivity contribution < 1.29 is 0 Å². The van der Waals surface area contributed by atoms with Crippen LogP contribution in [0, 0.1) is 0 Å². The predicted molar refractivity (Wildman–Crippen MR) is 119 cm³/mol. The number of nitrogens with one attached hydrogen (secondary N) is 1. The quantitative estimate of drug-likeness (QED) is 0.408. The van der Waals surface area contributed by atoms with Gasteiger partial charge in [0.15, 0.2) is 0 Å². The molecule has 7 nitrogen and oxygen atoms in total. The van der Waals surface area contributed by atoms with Crippen molar-refractivity contribution >= 4 is 33.3 Å². The van der Waals surface area contributed by atoms with Crippen LogP contribution in [0.15, 0.2) is 76.0 Å². The minimum Gasteiger partial charge on any atom is -0.309 e. The molecule has 0 radical (unpaired) electrons. The van der Waals surface area contributed by atoms with Gasteiger partial charge >= 0.3 is 0 Å². The van der Waals surface area contributed by atoms with E-state index in [-0.39, 0.29) is 5.56 Å². The second kappa shape index (κ2) is 8.21. The van der Waals surface area contributed by atoms with Crippen molar-refractivity contribution in [2.24, 2.45) is 0 Å². The van der Waals surface area contributed by atoms with Gasteiger partial charge in [-0.15, -0.1) is 16.4 Å². The van der Waals surface area contributed by atoms with Crippen molar-refractivity contribution in [3.8, 4) is 11.1 Å². The zero-order valence-corrected chi connectivity index (χ0v) is 17.4. The lowest BCUT2D eigenvalue weighted by molar-refractivity contribution is 0.602. The zero-order valence-electron chi connectivity index (χ0n) is 15.7. The lowest BCUT2D eigenvalue weighted by Crippen LogP contribution is -2.11. The van der Waals surface area contributed by atoms with E-state index in [2.05, 4.69) is 25.5 Å². The average Bonchev–Trinajstić information content (AvgIpc) is 3.41. The van der Waals surface area contributed by atoms with Crippen LogP contribution in [0.3, 0.4) is 0 Å². The Morgan fingerprint density at radius 2 is 1.80 bits per heavy atom. The maximum Gasteiger partial charge on any atom is 0.260 e. The van der Waals surface area contributed by atoms with Gasteiger partial charge in [-0.05, 0) is 21.6 Å². The average molecular weight is 433 g/mol. The first-order valence-electron chi connectivity index (χ1n) is 9.26. The highest BCUT2D eigenvalue weighted by molar-refractivity contribution is 7.98. The molecule has 3 heterocycles. The summed E-state index contributed by atoms with van der Waals surface area (Å²) in [6, 6.07) is 19.9. The number of H-pyrrole nitrogens is 1. The third kappa shape index (κ3) is 3.77. The van der Waals surface area contributed by atoms with E-state index in [1.807, 2.05) is 66.0 Å². The van der Waals surface area contributed by atoms with Crippen LogP contribution in [-0.2, 0) is 12.3 Å². The first-order chi connectivity index (χ1) is 14.8. The summed E-state index contributed by atoms with van der Waals surface area (Å²) >= 11 is 2.92. The largest absolute Gasteiger partial charge is 0.309 e. The van der Waals surface area contributed by atoms with Gasteiger partial charge in [-0.3, -0.25) is 4.79 Å². The number of hydrogen-bond donors (Lipinski definition) is 1. The summed E-state index contributed by atoms with van der Waals surface area (Å²) in [5.41, 5.74) is 2.92. The fraction of sp³-hybridized carbons (Fsp3) is 0.0952. The van der Waals surface area contributed by atoms with Crippen LogP contribution in [0.1, 0.15) is 11.4 Å². The van der Waals surface area contributed by atoms with Gasteiger partial charge in [-0.25, -0.2) is 9.67 Å². The van der Waals surface area contributed by atoms with Crippen LogP contribution in [0.25, 0.3) is 21.3 Å². The topological polar surface area (TPSA) is 89.4 Å². The Morgan fingerprint density at radius 1 is 1.03 bits per heavy atom. The number of nitrogens with zero attached hydrogens (tertiary/aromatic N) is 5. The minimum atomic E-state index is -0.125. The molecule has 3 aromatic heterocycles. The van der Waals surface area contributed by atoms with Crippen LogP contribution in [0.2, 0.25) is 0 Å². The van der Waals surface area contributed by atoms with Crippen molar-refractivity contribution in [2.75, 3.05) is 0 Å². The van der Waals surface area contributed by atoms with Gasteiger partial charge < -0.3 is 4.98 Å². The molecule has 0 aliphatic rings. The van der Waals surface area contributed by atoms with E-state index in [1.54, 1.807) is 4.68 Å². The van der Waals surface area contributed by atoms with Gasteiger partial charge in [0.05, 0.1) is 17.7 Å². The van der Waals surface area contributed by atoms with Crippen LogP contribution >= 0.6 is 23.1 Å². The van der Waals surface area contributed by atoms with E-state index < -0.39 is 0 Å². The number of thioether (sulfide) groups is 1. The van der Waals surface area contributed by atoms with Crippen molar-refractivity contribution in [1.82, 2.24) is 30.2 Å². The fourth-order valence-corrected chi connectivity index (χ4v) is 4.89. The molecule has 0 bridgehead atoms. The number of benzene rings is 2. The SMILES string of the molecule is O=c1[nH]c(CSc2nnnn2Cc2ccccc2)nc2scc(-c3ccccc3)c12. The Kier molecular flexibility index (Phi) is 5.12. The molecule has 0 saturated heterocycles. The number of thiophene rings is 1. The molecule has 0 aliphatic heterocycles. The molecule has 5 aromatic rings. The third-order valence-corrected chi connectivity index (χ3v) is 6.43. The maximum absolute atomic E-state index is 12.8. The minimum absolute atomic E-state index is 0.125. The fourth-order valence-electron chi connectivity index (χ4n) is 3.18. The summed E-state index contributed by atoms with van der Waals surface area (Å²) in [6.45, 7) is 0.588. The van der Waals surface area contributed by atoms with Crippen molar-refractivity contribution in [1.29, 1.82) is 0 Å². The van der Waals surface area contributed by atoms with Gasteiger partial charge in [0.2, 0.25) is 5.16 Å². The van der Waals surface area contributed by atoms with Crippen molar-refractivity contribution in [3.05, 3.63) is 87.8 Å². The second-order valence-electron chi connectivity index (χ2n) is 6.60. The van der Waals surface area contributed by atoms with Gasteiger partial charge in [-0.1, -0.05) is 72.4 Å². The van der Waals surface area contributed by atoms with Crippen LogP contribution in [-0.4, -0.2) is 30.2 Å². The van der Waals surface area contributed by atoms with Crippen molar-refractivity contribution in [2.45, 2.75) is 17.5 Å². The molecule has 0 fully saturated rings. The molecule has 1 N–H and O–H groups in total. The molecule has 5 rings (SSSR count). The molecular formula is C21H16N6OS2. The second-order valence-corrected chi connectivity index (χ2v) is 8.40. The molecule has 9 heteroatoms. The number of rotatable bonds is 6. The van der Waals surface area contributed by atoms with E-state index in [0.717, 1.165) is 21.5 Å². The molecular weight excluding hydrogens is 416 g/mol. The smallest absolute Gasteiger partial charge is 0.260 e. The van der Waals surface area contributed by atoms with Gasteiger partial charge in [-0.2, -0.15) is 0 Å². The summed E-state index contributed by atoms with van der Waals surface area (Å²) in [5.74, 6) is 1.08. The highest BCUT2D eigenvalue weighted by Crippen LogP contribution is 2.31. The van der Waals surface area contributed by atoms with Gasteiger partial charge in [0.25, 0.3) is 5.56 Å². The molecule has 0 spiro atoms. The molecule has 2 aromatic carbocycles. The molecule has 0 aliphatic carbocycles. The maximum atomic E-state index is 12.8. The summed E-state index contributed by atoms with van der Waals surface area (Å²) < 4.78 is 1.75. The number of aromatic nitrogens is 6. The molecule has 0 atom stereocenters. The molecule has 0 saturated carbocycles. The van der Waals surface area contributed by atoms with Crippen molar-refractivity contribution in [3.63, 3.8) is 0 Å². The van der Waals surface area contributed by atoms with E-state index in [4.69, 9.17) is 0 Å². The van der Waals surface area contributed by atoms with Crippen LogP contribution < -0.4 is 5.56 Å². The lowest BCUT2D eigenvalue weighted by atomic mass is 10.1. The van der Waals surface area contributed by atoms with E-state index in [0.29, 0.717) is 28.7 Å². The molecule has 0 amide bonds. The Balaban J connectivity index is 1.37. The summed E-state index contributed by atoms with van der Waals surface area (Å²) in [5, 5.41) is 15.3. The van der Waals surface area contributed by atoms with E-state index in [9.17, 15) is 4.79 Å². The number of hydrogen-bond acceptors (Lipinski definition) is 7. The third-order valence-electron chi connectivity index (χ3n) is 4.59. The number of fused-ring (bicyclic) bond motifs is 1. The normalized spacial score (nSPS) is 11.2. The summed E-state index contributed by atoms with van der Waals surface area (Å²) in [6.07, 6.45) is 0. The number of aromatic amines is 1. The monoisotopic (exact) mass is 432 g/mol. The first kappa shape index (κ1) is 18.7. The van der Waals surface area contributed by atoms with E-state index >= 15 is 0 Å². The molecule has 30 heavy (non-hydrogen) atoms. The Labute approximate surface area is 179 Å². The first-order valence-corrected chi connectivity index (χ1v) is 11.1. The van der Waals surface area contributed by atoms with E-state index in [1.165, 1.54) is 23.1 Å². The summed E-state index contributed by atoms with van der Waals surface area (Å²) in [7, 11) is 0. The van der Waals surface area contributed by atoms with Gasteiger partial charge in [0.1, 0.15) is 10.7 Å². The summed E-state index contributed by atoms with van der Waals surface area (Å²) in [4.78, 5) is 21.1. The zero-order chi connectivity index (χ0) is 20.3. The molecule has 0 unspecified atom stereocenters. The van der Waals surface area contributed by atoms with Crippen LogP contribution in [0.4, 0.5) is 0 Å². The Bertz CT molecular complexity index is 1340. The predicted octanol–water partition coefficient (Wildman–Crippen LogP) is 3.98. The standard InChI is InChI=1S/C21H16N6OS2/c28-19-18-16(15-9-5-2-6-10-15)12-29-20(18)23-17(22-19)13-30-21-24-25-26-27(21)11-14-7-3-1-4-8-14/h1-10,12H,11,13H2,(H,22,23,28). The number of tetrazole rings is 1. The van der Waals surface area contributed by atoms with Crippen LogP contribution in [0.5, 0.6) is 0 Å². The lowest BCUT2D eigenvalue weighted by Gasteiger charge is -2.05. The highest BCUT2D eigenvalue weighted by atomic mass is 32.2. The van der Waals surface area contributed by atoms with Gasteiger partial charge in [0, 0.05) is 10.9 Å².